The first-order valence-electron chi connectivity index (χ1n) is 6.99. The van der Waals surface area contributed by atoms with Gasteiger partial charge in [0, 0.05) is 24.6 Å². The number of aryl methyl sites for hydroxylation is 1. The normalized spacial score (nSPS) is 23.8. The minimum absolute atomic E-state index is 0.0930. The van der Waals surface area contributed by atoms with Gasteiger partial charge in [0.2, 0.25) is 0 Å². The summed E-state index contributed by atoms with van der Waals surface area (Å²) in [5, 5.41) is 3.54. The van der Waals surface area contributed by atoms with Gasteiger partial charge in [-0.2, -0.15) is 0 Å². The maximum atomic E-state index is 13.2. The molecule has 2 atom stereocenters. The summed E-state index contributed by atoms with van der Waals surface area (Å²) in [5.41, 5.74) is 2.22. The van der Waals surface area contributed by atoms with E-state index in [-0.39, 0.29) is 17.5 Å². The van der Waals surface area contributed by atoms with Crippen LogP contribution in [0, 0.1) is 18.7 Å². The van der Waals surface area contributed by atoms with Crippen LogP contribution < -0.4 is 5.32 Å². The molecule has 2 nitrogen and oxygen atoms in total. The molecule has 1 aliphatic heterocycles. The van der Waals surface area contributed by atoms with Gasteiger partial charge in [-0.05, 0) is 57.4 Å². The number of hydrogen-bond donors (Lipinski definition) is 1. The first kappa shape index (κ1) is 14.5. The maximum absolute atomic E-state index is 13.2. The Morgan fingerprint density at radius 3 is 2.74 bits per heavy atom. The molecule has 0 bridgehead atoms. The highest BCUT2D eigenvalue weighted by Crippen LogP contribution is 2.36. The largest absolute Gasteiger partial charge is 0.373 e. The molecule has 106 valence electrons. The van der Waals surface area contributed by atoms with Gasteiger partial charge in [-0.15, -0.1) is 0 Å². The van der Waals surface area contributed by atoms with Gasteiger partial charge in [0.05, 0.1) is 6.10 Å². The van der Waals surface area contributed by atoms with Crippen LogP contribution in [0.1, 0.15) is 44.4 Å². The summed E-state index contributed by atoms with van der Waals surface area (Å²) in [6, 6.07) is 4.98. The van der Waals surface area contributed by atoms with Gasteiger partial charge in [0.25, 0.3) is 0 Å². The van der Waals surface area contributed by atoms with Crippen molar-refractivity contribution in [3.05, 3.63) is 35.1 Å². The summed E-state index contributed by atoms with van der Waals surface area (Å²) in [7, 11) is 0. The quantitative estimate of drug-likeness (QED) is 0.901. The third-order valence-electron chi connectivity index (χ3n) is 3.65. The number of rotatable bonds is 3. The van der Waals surface area contributed by atoms with E-state index in [4.69, 9.17) is 4.74 Å². The Balaban J connectivity index is 2.10. The van der Waals surface area contributed by atoms with Crippen LogP contribution in [-0.4, -0.2) is 18.7 Å². The van der Waals surface area contributed by atoms with E-state index < -0.39 is 0 Å². The zero-order valence-corrected chi connectivity index (χ0v) is 12.3. The van der Waals surface area contributed by atoms with Gasteiger partial charge in [0.1, 0.15) is 5.82 Å². The average molecular weight is 265 g/mol. The van der Waals surface area contributed by atoms with Crippen molar-refractivity contribution in [3.63, 3.8) is 0 Å². The lowest BCUT2D eigenvalue weighted by atomic mass is 9.91. The summed E-state index contributed by atoms with van der Waals surface area (Å²) in [6.45, 7) is 10.2. The monoisotopic (exact) mass is 265 g/mol. The molecule has 1 aromatic rings. The van der Waals surface area contributed by atoms with Gasteiger partial charge in [-0.3, -0.25) is 0 Å². The second-order valence-corrected chi connectivity index (χ2v) is 6.47. The third-order valence-corrected chi connectivity index (χ3v) is 3.65. The average Bonchev–Trinajstić information content (AvgIpc) is 2.73. The molecule has 1 fully saturated rings. The molecule has 1 N–H and O–H groups in total. The first-order valence-corrected chi connectivity index (χ1v) is 6.99. The first-order chi connectivity index (χ1) is 8.87. The maximum Gasteiger partial charge on any atom is 0.123 e. The van der Waals surface area contributed by atoms with Crippen molar-refractivity contribution in [2.75, 3.05) is 13.2 Å². The molecule has 19 heavy (non-hydrogen) atoms. The van der Waals surface area contributed by atoms with E-state index >= 15 is 0 Å². The second kappa shape index (κ2) is 5.59. The Morgan fingerprint density at radius 1 is 1.37 bits per heavy atom. The highest BCUT2D eigenvalue weighted by molar-refractivity contribution is 5.29. The molecule has 2 unspecified atom stereocenters. The second-order valence-electron chi connectivity index (χ2n) is 6.47. The lowest BCUT2D eigenvalue weighted by Crippen LogP contribution is -2.39. The van der Waals surface area contributed by atoms with Crippen LogP contribution in [0.4, 0.5) is 4.39 Å². The van der Waals surface area contributed by atoms with E-state index in [1.807, 2.05) is 13.0 Å². The molecule has 3 heteroatoms. The number of nitrogens with one attached hydrogen (secondary N) is 1. The Morgan fingerprint density at radius 2 is 2.11 bits per heavy atom. The fourth-order valence-corrected chi connectivity index (χ4v) is 2.58. The predicted octanol–water partition coefficient (Wildman–Crippen LogP) is 3.60. The SMILES string of the molecule is Cc1cc(F)ccc1C1OCCC1CNC(C)(C)C. The summed E-state index contributed by atoms with van der Waals surface area (Å²) >= 11 is 0. The molecule has 1 aromatic carbocycles. The van der Waals surface area contributed by atoms with Crippen molar-refractivity contribution in [3.8, 4) is 0 Å². The predicted molar refractivity (Wildman–Crippen MR) is 75.7 cm³/mol. The molecule has 1 heterocycles. The molecule has 1 aliphatic rings. The van der Waals surface area contributed by atoms with Gasteiger partial charge in [-0.25, -0.2) is 4.39 Å². The van der Waals surface area contributed by atoms with Crippen molar-refractivity contribution in [1.29, 1.82) is 0 Å². The Bertz CT molecular complexity index is 439. The number of benzene rings is 1. The van der Waals surface area contributed by atoms with Crippen molar-refractivity contribution >= 4 is 0 Å². The van der Waals surface area contributed by atoms with Crippen LogP contribution in [0.25, 0.3) is 0 Å². The Hall–Kier alpha value is -0.930. The fourth-order valence-electron chi connectivity index (χ4n) is 2.58. The molecule has 0 aromatic heterocycles. The van der Waals surface area contributed by atoms with E-state index in [1.165, 1.54) is 6.07 Å². The topological polar surface area (TPSA) is 21.3 Å². The van der Waals surface area contributed by atoms with Crippen LogP contribution in [-0.2, 0) is 4.74 Å². The van der Waals surface area contributed by atoms with Gasteiger partial charge in [0.15, 0.2) is 0 Å². The van der Waals surface area contributed by atoms with E-state index in [1.54, 1.807) is 6.07 Å². The summed E-state index contributed by atoms with van der Waals surface area (Å²) in [5.74, 6) is 0.284. The van der Waals surface area contributed by atoms with E-state index in [0.29, 0.717) is 5.92 Å². The van der Waals surface area contributed by atoms with Crippen molar-refractivity contribution < 1.29 is 9.13 Å². The van der Waals surface area contributed by atoms with Crippen LogP contribution in [0.15, 0.2) is 18.2 Å². The Kier molecular flexibility index (Phi) is 4.26. The molecular weight excluding hydrogens is 241 g/mol. The molecule has 0 spiro atoms. The van der Waals surface area contributed by atoms with Gasteiger partial charge < -0.3 is 10.1 Å². The molecule has 2 rings (SSSR count). The fraction of sp³-hybridized carbons (Fsp3) is 0.625. The lowest BCUT2D eigenvalue weighted by molar-refractivity contribution is 0.0884. The van der Waals surface area contributed by atoms with E-state index in [0.717, 1.165) is 30.7 Å². The molecule has 0 amide bonds. The van der Waals surface area contributed by atoms with Gasteiger partial charge >= 0.3 is 0 Å². The summed E-state index contributed by atoms with van der Waals surface area (Å²) in [4.78, 5) is 0. The van der Waals surface area contributed by atoms with Crippen molar-refractivity contribution in [1.82, 2.24) is 5.32 Å². The van der Waals surface area contributed by atoms with Crippen LogP contribution in [0.3, 0.4) is 0 Å². The van der Waals surface area contributed by atoms with Crippen molar-refractivity contribution in [2.24, 2.45) is 5.92 Å². The summed E-state index contributed by atoms with van der Waals surface area (Å²) in [6.07, 6.45) is 1.15. The lowest BCUT2D eigenvalue weighted by Gasteiger charge is -2.26. The highest BCUT2D eigenvalue weighted by atomic mass is 19.1. The summed E-state index contributed by atoms with van der Waals surface area (Å²) < 4.78 is 19.1. The number of halogens is 1. The number of ether oxygens (including phenoxy) is 1. The zero-order chi connectivity index (χ0) is 14.0. The Labute approximate surface area is 115 Å². The minimum Gasteiger partial charge on any atom is -0.373 e. The third kappa shape index (κ3) is 3.77. The zero-order valence-electron chi connectivity index (χ0n) is 12.3. The smallest absolute Gasteiger partial charge is 0.123 e. The molecule has 1 saturated heterocycles. The standard InChI is InChI=1S/C16H24FNO/c1-11-9-13(17)5-6-14(11)15-12(7-8-19-15)10-18-16(2,3)4/h5-6,9,12,15,18H,7-8,10H2,1-4H3. The van der Waals surface area contributed by atoms with Crippen molar-refractivity contribution in [2.45, 2.75) is 45.8 Å². The minimum atomic E-state index is -0.177. The van der Waals surface area contributed by atoms with Crippen LogP contribution >= 0.6 is 0 Å². The van der Waals surface area contributed by atoms with Crippen LogP contribution in [0.2, 0.25) is 0 Å². The molecule has 0 radical (unpaired) electrons. The molecular formula is C16H24FNO. The highest BCUT2D eigenvalue weighted by Gasteiger charge is 2.31. The molecule has 0 saturated carbocycles. The van der Waals surface area contributed by atoms with Gasteiger partial charge in [-0.1, -0.05) is 6.07 Å². The van der Waals surface area contributed by atoms with E-state index in [2.05, 4.69) is 26.1 Å². The van der Waals surface area contributed by atoms with E-state index in [9.17, 15) is 4.39 Å². The molecule has 0 aliphatic carbocycles. The van der Waals surface area contributed by atoms with Crippen LogP contribution in [0.5, 0.6) is 0 Å². The number of hydrogen-bond acceptors (Lipinski definition) is 2.